The van der Waals surface area contributed by atoms with Gasteiger partial charge in [-0.2, -0.15) is 9.29 Å². The van der Waals surface area contributed by atoms with Crippen LogP contribution in [0.15, 0.2) is 29.2 Å². The van der Waals surface area contributed by atoms with Gasteiger partial charge in [0.2, 0.25) is 16.0 Å². The molecule has 3 rings (SSSR count). The number of piperazine rings is 1. The summed E-state index contributed by atoms with van der Waals surface area (Å²) in [5, 5.41) is 3.14. The molecular formula is C19H27N5O2S. The van der Waals surface area contributed by atoms with E-state index in [2.05, 4.69) is 20.2 Å². The third-order valence-electron chi connectivity index (χ3n) is 4.70. The molecule has 1 aromatic carbocycles. The van der Waals surface area contributed by atoms with Gasteiger partial charge in [-0.05, 0) is 44.9 Å². The summed E-state index contributed by atoms with van der Waals surface area (Å²) < 4.78 is 27.7. The first-order chi connectivity index (χ1) is 12.8. The van der Waals surface area contributed by atoms with Gasteiger partial charge in [-0.1, -0.05) is 12.1 Å². The van der Waals surface area contributed by atoms with Gasteiger partial charge in [-0.15, -0.1) is 0 Å². The number of nitrogens with one attached hydrogen (secondary N) is 1. The molecule has 0 amide bonds. The smallest absolute Gasteiger partial charge is 0.243 e. The van der Waals surface area contributed by atoms with Crippen molar-refractivity contribution in [2.75, 3.05) is 42.9 Å². The van der Waals surface area contributed by atoms with E-state index in [0.29, 0.717) is 37.0 Å². The summed E-state index contributed by atoms with van der Waals surface area (Å²) >= 11 is 0. The van der Waals surface area contributed by atoms with Gasteiger partial charge >= 0.3 is 0 Å². The zero-order chi connectivity index (χ0) is 19.6. The molecule has 1 aliphatic heterocycles. The second kappa shape index (κ2) is 7.82. The molecule has 0 aliphatic carbocycles. The van der Waals surface area contributed by atoms with Crippen LogP contribution in [0, 0.1) is 20.8 Å². The van der Waals surface area contributed by atoms with E-state index in [4.69, 9.17) is 0 Å². The van der Waals surface area contributed by atoms with Crippen LogP contribution in [0.5, 0.6) is 0 Å². The summed E-state index contributed by atoms with van der Waals surface area (Å²) in [4.78, 5) is 11.5. The highest BCUT2D eigenvalue weighted by Crippen LogP contribution is 2.24. The molecule has 8 heteroatoms. The van der Waals surface area contributed by atoms with Crippen LogP contribution in [-0.4, -0.2) is 55.4 Å². The van der Waals surface area contributed by atoms with Crippen molar-refractivity contribution < 1.29 is 8.42 Å². The Morgan fingerprint density at radius 3 is 2.41 bits per heavy atom. The van der Waals surface area contributed by atoms with Crippen LogP contribution in [0.25, 0.3) is 0 Å². The fourth-order valence-corrected chi connectivity index (χ4v) is 4.96. The molecule has 2 heterocycles. The Hall–Kier alpha value is -2.19. The number of nitrogens with zero attached hydrogens (tertiary/aromatic N) is 4. The number of rotatable bonds is 5. The van der Waals surface area contributed by atoms with Gasteiger partial charge in [0.15, 0.2) is 0 Å². The minimum atomic E-state index is -3.48. The van der Waals surface area contributed by atoms with Crippen LogP contribution >= 0.6 is 0 Å². The molecule has 0 saturated carbocycles. The number of hydrogen-bond acceptors (Lipinski definition) is 6. The summed E-state index contributed by atoms with van der Waals surface area (Å²) in [7, 11) is -3.48. The van der Waals surface area contributed by atoms with Crippen LogP contribution in [-0.2, 0) is 10.0 Å². The van der Waals surface area contributed by atoms with Crippen molar-refractivity contribution >= 4 is 21.8 Å². The first-order valence-corrected chi connectivity index (χ1v) is 10.7. The molecule has 1 saturated heterocycles. The van der Waals surface area contributed by atoms with Gasteiger partial charge in [-0.3, -0.25) is 0 Å². The third kappa shape index (κ3) is 4.22. The molecule has 1 aromatic heterocycles. The van der Waals surface area contributed by atoms with Crippen molar-refractivity contribution in [2.45, 2.75) is 32.6 Å². The van der Waals surface area contributed by atoms with Gasteiger partial charge < -0.3 is 10.2 Å². The SMILES string of the molecule is CCNc1nc(C)cc(N2CCN(S(=O)(=O)c3cc(C)ccc3C)CC2)n1. The topological polar surface area (TPSA) is 78.4 Å². The maximum atomic E-state index is 13.1. The first kappa shape index (κ1) is 19.6. The molecule has 7 nitrogen and oxygen atoms in total. The first-order valence-electron chi connectivity index (χ1n) is 9.23. The average molecular weight is 390 g/mol. The van der Waals surface area contributed by atoms with Gasteiger partial charge in [0, 0.05) is 44.5 Å². The fraction of sp³-hybridized carbons (Fsp3) is 0.474. The zero-order valence-corrected chi connectivity index (χ0v) is 17.2. The lowest BCUT2D eigenvalue weighted by atomic mass is 10.2. The van der Waals surface area contributed by atoms with E-state index >= 15 is 0 Å². The highest BCUT2D eigenvalue weighted by atomic mass is 32.2. The highest BCUT2D eigenvalue weighted by molar-refractivity contribution is 7.89. The van der Waals surface area contributed by atoms with Crippen LogP contribution < -0.4 is 10.2 Å². The van der Waals surface area contributed by atoms with Crippen LogP contribution in [0.2, 0.25) is 0 Å². The lowest BCUT2D eigenvalue weighted by Crippen LogP contribution is -2.49. The largest absolute Gasteiger partial charge is 0.354 e. The van der Waals surface area contributed by atoms with Crippen LogP contribution in [0.3, 0.4) is 0 Å². The summed E-state index contributed by atoms with van der Waals surface area (Å²) in [6.07, 6.45) is 0. The van der Waals surface area contributed by atoms with E-state index in [0.717, 1.165) is 29.2 Å². The predicted octanol–water partition coefficient (Wildman–Crippen LogP) is 2.34. The third-order valence-corrected chi connectivity index (χ3v) is 6.74. The van der Waals surface area contributed by atoms with Gasteiger partial charge in [-0.25, -0.2) is 13.4 Å². The fourth-order valence-electron chi connectivity index (χ4n) is 3.23. The molecule has 0 unspecified atom stereocenters. The number of aryl methyl sites for hydroxylation is 3. The number of sulfonamides is 1. The summed E-state index contributed by atoms with van der Waals surface area (Å²) in [6.45, 7) is 10.5. The molecule has 27 heavy (non-hydrogen) atoms. The lowest BCUT2D eigenvalue weighted by molar-refractivity contribution is 0.383. The number of hydrogen-bond donors (Lipinski definition) is 1. The van der Waals surface area contributed by atoms with Crippen LogP contribution in [0.4, 0.5) is 11.8 Å². The molecule has 0 bridgehead atoms. The monoisotopic (exact) mass is 389 g/mol. The number of anilines is 2. The Labute approximate surface area is 161 Å². The second-order valence-electron chi connectivity index (χ2n) is 6.88. The van der Waals surface area contributed by atoms with E-state index < -0.39 is 10.0 Å². The Kier molecular flexibility index (Phi) is 5.67. The van der Waals surface area contributed by atoms with Crippen LogP contribution in [0.1, 0.15) is 23.7 Å². The highest BCUT2D eigenvalue weighted by Gasteiger charge is 2.30. The van der Waals surface area contributed by atoms with Crippen molar-refractivity contribution in [3.63, 3.8) is 0 Å². The Balaban J connectivity index is 1.76. The standard InChI is InChI=1S/C19H27N5O2S/c1-5-20-19-21-16(4)13-18(22-19)23-8-10-24(11-9-23)27(25,26)17-12-14(2)6-7-15(17)3/h6-7,12-13H,5,8-11H2,1-4H3,(H,20,21,22). The van der Waals surface area contributed by atoms with E-state index in [-0.39, 0.29) is 0 Å². The molecule has 1 N–H and O–H groups in total. The van der Waals surface area contributed by atoms with E-state index in [9.17, 15) is 8.42 Å². The summed E-state index contributed by atoms with van der Waals surface area (Å²) in [6, 6.07) is 7.50. The Morgan fingerprint density at radius 2 is 1.74 bits per heavy atom. The molecule has 0 radical (unpaired) electrons. The summed E-state index contributed by atoms with van der Waals surface area (Å²) in [5.41, 5.74) is 2.62. The maximum absolute atomic E-state index is 13.1. The minimum Gasteiger partial charge on any atom is -0.354 e. The Bertz CT molecular complexity index is 922. The van der Waals surface area contributed by atoms with Crippen molar-refractivity contribution in [3.8, 4) is 0 Å². The van der Waals surface area contributed by atoms with Gasteiger partial charge in [0.05, 0.1) is 4.90 Å². The minimum absolute atomic E-state index is 0.406. The molecule has 0 atom stereocenters. The number of benzene rings is 1. The normalized spacial score (nSPS) is 15.8. The molecular weight excluding hydrogens is 362 g/mol. The molecule has 0 spiro atoms. The molecule has 1 aliphatic rings. The van der Waals surface area contributed by atoms with Crippen molar-refractivity contribution in [1.29, 1.82) is 0 Å². The Morgan fingerprint density at radius 1 is 1.04 bits per heavy atom. The average Bonchev–Trinajstić information content (AvgIpc) is 2.63. The van der Waals surface area contributed by atoms with E-state index in [1.807, 2.05) is 45.9 Å². The maximum Gasteiger partial charge on any atom is 0.243 e. The van der Waals surface area contributed by atoms with Crippen molar-refractivity contribution in [3.05, 3.63) is 41.1 Å². The zero-order valence-electron chi connectivity index (χ0n) is 16.4. The second-order valence-corrected chi connectivity index (χ2v) is 8.79. The van der Waals surface area contributed by atoms with Crippen molar-refractivity contribution in [1.82, 2.24) is 14.3 Å². The molecule has 1 fully saturated rings. The van der Waals surface area contributed by atoms with E-state index in [1.165, 1.54) is 0 Å². The number of aromatic nitrogens is 2. The quantitative estimate of drug-likeness (QED) is 0.846. The van der Waals surface area contributed by atoms with E-state index in [1.54, 1.807) is 10.4 Å². The lowest BCUT2D eigenvalue weighted by Gasteiger charge is -2.35. The van der Waals surface area contributed by atoms with Gasteiger partial charge in [0.1, 0.15) is 5.82 Å². The predicted molar refractivity (Wildman–Crippen MR) is 108 cm³/mol. The van der Waals surface area contributed by atoms with Gasteiger partial charge in [0.25, 0.3) is 0 Å². The summed E-state index contributed by atoms with van der Waals surface area (Å²) in [5.74, 6) is 1.44. The molecule has 2 aromatic rings. The van der Waals surface area contributed by atoms with Crippen molar-refractivity contribution in [2.24, 2.45) is 0 Å². The molecule has 146 valence electrons.